The average molecular weight is 503 g/mol. The lowest BCUT2D eigenvalue weighted by molar-refractivity contribution is 0.417. The fourth-order valence-corrected chi connectivity index (χ4v) is 5.73. The van der Waals surface area contributed by atoms with Crippen LogP contribution in [-0.2, 0) is 0 Å². The summed E-state index contributed by atoms with van der Waals surface area (Å²) < 4.78 is 6.04. The minimum absolute atomic E-state index is 0.375. The molecule has 0 radical (unpaired) electrons. The predicted molar refractivity (Wildman–Crippen MR) is 164 cm³/mol. The molecule has 0 heterocycles. The van der Waals surface area contributed by atoms with Crippen molar-refractivity contribution in [1.82, 2.24) is 0 Å². The van der Waals surface area contributed by atoms with Crippen molar-refractivity contribution < 1.29 is 4.74 Å². The van der Waals surface area contributed by atoms with Gasteiger partial charge in [0.2, 0.25) is 0 Å². The van der Waals surface area contributed by atoms with Gasteiger partial charge in [-0.05, 0) is 56.6 Å². The van der Waals surface area contributed by atoms with E-state index in [2.05, 4.69) is 124 Å². The van der Waals surface area contributed by atoms with Crippen LogP contribution in [0.5, 0.6) is 5.75 Å². The second kappa shape index (κ2) is 10.9. The van der Waals surface area contributed by atoms with Crippen molar-refractivity contribution in [2.75, 3.05) is 25.1 Å². The number of rotatable bonds is 8. The highest BCUT2D eigenvalue weighted by molar-refractivity contribution is 6.12. The van der Waals surface area contributed by atoms with E-state index in [9.17, 15) is 0 Å². The average Bonchev–Trinajstić information content (AvgIpc) is 2.94. The molecule has 5 aromatic rings. The van der Waals surface area contributed by atoms with Crippen LogP contribution >= 0.6 is 0 Å². The minimum atomic E-state index is 0.375. The molecule has 3 nitrogen and oxygen atoms in total. The normalized spacial score (nSPS) is 11.6. The molecule has 0 fully saturated rings. The van der Waals surface area contributed by atoms with Crippen LogP contribution in [0.25, 0.3) is 32.7 Å². The van der Waals surface area contributed by atoms with Gasteiger partial charge in [0.05, 0.1) is 7.11 Å². The summed E-state index contributed by atoms with van der Waals surface area (Å²) in [5, 5.41) is 4.78. The highest BCUT2D eigenvalue weighted by Crippen LogP contribution is 2.48. The Morgan fingerprint density at radius 1 is 0.658 bits per heavy atom. The van der Waals surface area contributed by atoms with Gasteiger partial charge in [-0.15, -0.1) is 0 Å². The summed E-state index contributed by atoms with van der Waals surface area (Å²) in [4.78, 5) is 2.47. The van der Waals surface area contributed by atoms with Crippen LogP contribution in [0.15, 0.2) is 91.0 Å². The molecule has 0 saturated carbocycles. The molecular formula is C35H38N2O. The second-order valence-electron chi connectivity index (χ2n) is 10.6. The minimum Gasteiger partial charge on any atom is -0.496 e. The first-order valence-corrected chi connectivity index (χ1v) is 13.6. The van der Waals surface area contributed by atoms with E-state index in [4.69, 9.17) is 10.5 Å². The molecule has 5 rings (SSSR count). The predicted octanol–water partition coefficient (Wildman–Crippen LogP) is 9.01. The third-order valence-corrected chi connectivity index (χ3v) is 7.52. The fourth-order valence-electron chi connectivity index (χ4n) is 5.73. The van der Waals surface area contributed by atoms with E-state index in [0.29, 0.717) is 24.9 Å². The molecule has 0 spiro atoms. The van der Waals surface area contributed by atoms with E-state index < -0.39 is 0 Å². The molecule has 0 bridgehead atoms. The molecule has 0 aliphatic heterocycles. The Labute approximate surface area is 226 Å². The van der Waals surface area contributed by atoms with E-state index in [-0.39, 0.29) is 0 Å². The third kappa shape index (κ3) is 4.52. The fraction of sp³-hybridized carbons (Fsp3) is 0.257. The molecule has 3 heteroatoms. The molecule has 38 heavy (non-hydrogen) atoms. The van der Waals surface area contributed by atoms with Crippen LogP contribution in [0.1, 0.15) is 50.7 Å². The van der Waals surface area contributed by atoms with Gasteiger partial charge in [0, 0.05) is 35.6 Å². The van der Waals surface area contributed by atoms with Gasteiger partial charge in [0.15, 0.2) is 0 Å². The molecule has 0 unspecified atom stereocenters. The van der Waals surface area contributed by atoms with Crippen molar-refractivity contribution >= 4 is 32.9 Å². The van der Waals surface area contributed by atoms with E-state index in [0.717, 1.165) is 17.0 Å². The Balaban J connectivity index is 1.94. The first-order valence-electron chi connectivity index (χ1n) is 13.6. The van der Waals surface area contributed by atoms with Gasteiger partial charge < -0.3 is 15.4 Å². The Morgan fingerprint density at radius 3 is 1.76 bits per heavy atom. The van der Waals surface area contributed by atoms with Crippen LogP contribution in [-0.4, -0.2) is 20.2 Å². The number of para-hydroxylation sites is 1. The van der Waals surface area contributed by atoms with Crippen molar-refractivity contribution in [2.45, 2.75) is 39.5 Å². The lowest BCUT2D eigenvalue weighted by Gasteiger charge is -2.34. The molecule has 0 saturated heterocycles. The Morgan fingerprint density at radius 2 is 1.21 bits per heavy atom. The smallest absolute Gasteiger partial charge is 0.127 e. The van der Waals surface area contributed by atoms with Crippen LogP contribution in [0.4, 0.5) is 11.4 Å². The van der Waals surface area contributed by atoms with Crippen molar-refractivity contribution in [3.8, 4) is 16.9 Å². The number of ether oxygens (including phenoxy) is 1. The van der Waals surface area contributed by atoms with Gasteiger partial charge in [-0.1, -0.05) is 107 Å². The van der Waals surface area contributed by atoms with Crippen molar-refractivity contribution in [1.29, 1.82) is 0 Å². The van der Waals surface area contributed by atoms with E-state index >= 15 is 0 Å². The zero-order chi connectivity index (χ0) is 26.8. The molecule has 2 N–H and O–H groups in total. The topological polar surface area (TPSA) is 38.5 Å². The zero-order valence-electron chi connectivity index (χ0n) is 23.2. The lowest BCUT2D eigenvalue weighted by atomic mass is 9.88. The first-order chi connectivity index (χ1) is 18.5. The Hall–Kier alpha value is -3.82. The third-order valence-electron chi connectivity index (χ3n) is 7.52. The maximum absolute atomic E-state index is 6.34. The monoisotopic (exact) mass is 502 g/mol. The van der Waals surface area contributed by atoms with E-state index in [1.807, 2.05) is 0 Å². The van der Waals surface area contributed by atoms with Gasteiger partial charge in [0.25, 0.3) is 0 Å². The van der Waals surface area contributed by atoms with Crippen LogP contribution in [0, 0.1) is 0 Å². The number of hydrogen-bond donors (Lipinski definition) is 1. The van der Waals surface area contributed by atoms with Crippen molar-refractivity contribution in [3.05, 3.63) is 102 Å². The largest absolute Gasteiger partial charge is 0.496 e. The summed E-state index contributed by atoms with van der Waals surface area (Å²) in [5.41, 5.74) is 13.7. The van der Waals surface area contributed by atoms with Gasteiger partial charge in [-0.25, -0.2) is 0 Å². The number of anilines is 2. The Bertz CT molecular complexity index is 1560. The molecule has 0 aromatic heterocycles. The molecule has 194 valence electrons. The highest BCUT2D eigenvalue weighted by Gasteiger charge is 2.25. The van der Waals surface area contributed by atoms with Gasteiger partial charge >= 0.3 is 0 Å². The molecule has 0 aliphatic rings. The number of nitrogens with two attached hydrogens (primary N) is 1. The number of hydrogen-bond acceptors (Lipinski definition) is 3. The number of fused-ring (bicyclic) bond motifs is 2. The summed E-state index contributed by atoms with van der Waals surface area (Å²) in [6.07, 6.45) is 0. The summed E-state index contributed by atoms with van der Waals surface area (Å²) in [6.45, 7) is 10.4. The van der Waals surface area contributed by atoms with Crippen LogP contribution in [0.3, 0.4) is 0 Å². The highest BCUT2D eigenvalue weighted by atomic mass is 16.5. The summed E-state index contributed by atoms with van der Waals surface area (Å²) >= 11 is 0. The molecule has 0 amide bonds. The second-order valence-corrected chi connectivity index (χ2v) is 10.6. The lowest BCUT2D eigenvalue weighted by Crippen LogP contribution is -2.28. The maximum atomic E-state index is 6.34. The standard InChI is InChI=1S/C35H38N2O/c1-23(2)27-15-10-16-28(24(3)4)35(27)37(22-21-36)31-19-17-25-11-6-8-13-29(25)33(31)34-30-14-9-7-12-26(30)18-20-32(34)38-5/h6-20,23-24H,21-22,36H2,1-5H3. The maximum Gasteiger partial charge on any atom is 0.127 e. The SMILES string of the molecule is COc1ccc2ccccc2c1-c1c(N(CCN)c2c(C(C)C)cccc2C(C)C)ccc2ccccc12. The van der Waals surface area contributed by atoms with Crippen molar-refractivity contribution in [2.24, 2.45) is 5.73 Å². The molecule has 0 atom stereocenters. The molecular weight excluding hydrogens is 464 g/mol. The zero-order valence-corrected chi connectivity index (χ0v) is 23.2. The van der Waals surface area contributed by atoms with E-state index in [1.54, 1.807) is 7.11 Å². The van der Waals surface area contributed by atoms with Crippen LogP contribution < -0.4 is 15.4 Å². The molecule has 0 aliphatic carbocycles. The summed E-state index contributed by atoms with van der Waals surface area (Å²) in [6, 6.07) is 32.7. The number of methoxy groups -OCH3 is 1. The number of nitrogens with zero attached hydrogens (tertiary/aromatic N) is 1. The van der Waals surface area contributed by atoms with Gasteiger partial charge in [0.1, 0.15) is 5.75 Å². The Kier molecular flexibility index (Phi) is 7.40. The quantitative estimate of drug-likeness (QED) is 0.230. The first kappa shape index (κ1) is 25.8. The summed E-state index contributed by atoms with van der Waals surface area (Å²) in [7, 11) is 1.76. The van der Waals surface area contributed by atoms with Gasteiger partial charge in [-0.3, -0.25) is 0 Å². The van der Waals surface area contributed by atoms with Crippen LogP contribution in [0.2, 0.25) is 0 Å². The van der Waals surface area contributed by atoms with Crippen molar-refractivity contribution in [3.63, 3.8) is 0 Å². The van der Waals surface area contributed by atoms with Gasteiger partial charge in [-0.2, -0.15) is 0 Å². The summed E-state index contributed by atoms with van der Waals surface area (Å²) in [5.74, 6) is 1.62. The molecule has 5 aromatic carbocycles. The van der Waals surface area contributed by atoms with E-state index in [1.165, 1.54) is 43.9 Å². The number of benzene rings is 5.